The number of methoxy groups -OCH3 is 1. The minimum absolute atomic E-state index is 0.0635. The molecular formula is C14H19N3O3. The molecule has 0 saturated heterocycles. The van der Waals surface area contributed by atoms with Gasteiger partial charge in [-0.3, -0.25) is 10.1 Å². The Balaban J connectivity index is 1.89. The highest BCUT2D eigenvalue weighted by molar-refractivity contribution is 5.92. The molecule has 1 atom stereocenters. The van der Waals surface area contributed by atoms with Crippen LogP contribution in [0, 0.1) is 5.92 Å². The Bertz CT molecular complexity index is 500. The number of carbonyl (C=O) groups excluding carboxylic acids is 2. The zero-order valence-corrected chi connectivity index (χ0v) is 11.4. The standard InChI is InChI=1S/C14H19N3O3/c1-20-14(19)17-11-4-2-3-10(7-11)16-13(18)8-12(15)9-5-6-9/h2-4,7,9,12H,5-6,8,15H2,1H3,(H,16,18)(H,17,19). The van der Waals surface area contributed by atoms with E-state index in [-0.39, 0.29) is 11.9 Å². The topological polar surface area (TPSA) is 93.5 Å². The summed E-state index contributed by atoms with van der Waals surface area (Å²) in [7, 11) is 1.29. The van der Waals surface area contributed by atoms with Crippen LogP contribution in [0.4, 0.5) is 16.2 Å². The summed E-state index contributed by atoms with van der Waals surface area (Å²) in [6.45, 7) is 0. The lowest BCUT2D eigenvalue weighted by molar-refractivity contribution is -0.116. The Kier molecular flexibility index (Phi) is 4.57. The van der Waals surface area contributed by atoms with Gasteiger partial charge < -0.3 is 15.8 Å². The van der Waals surface area contributed by atoms with E-state index in [0.29, 0.717) is 23.7 Å². The molecule has 1 aromatic rings. The predicted molar refractivity (Wildman–Crippen MR) is 76.4 cm³/mol. The van der Waals surface area contributed by atoms with Gasteiger partial charge in [0.15, 0.2) is 0 Å². The van der Waals surface area contributed by atoms with E-state index < -0.39 is 6.09 Å². The van der Waals surface area contributed by atoms with Gasteiger partial charge in [-0.1, -0.05) is 6.07 Å². The number of hydrogen-bond acceptors (Lipinski definition) is 4. The van der Waals surface area contributed by atoms with Crippen molar-refractivity contribution < 1.29 is 14.3 Å². The van der Waals surface area contributed by atoms with Crippen LogP contribution in [-0.4, -0.2) is 25.2 Å². The van der Waals surface area contributed by atoms with Gasteiger partial charge in [-0.25, -0.2) is 4.79 Å². The van der Waals surface area contributed by atoms with Crippen molar-refractivity contribution in [3.63, 3.8) is 0 Å². The first kappa shape index (κ1) is 14.3. The smallest absolute Gasteiger partial charge is 0.411 e. The SMILES string of the molecule is COC(=O)Nc1cccc(NC(=O)CC(N)C2CC2)c1. The van der Waals surface area contributed by atoms with Gasteiger partial charge in [-0.05, 0) is 37.0 Å². The van der Waals surface area contributed by atoms with Gasteiger partial charge in [0.2, 0.25) is 5.91 Å². The minimum Gasteiger partial charge on any atom is -0.453 e. The van der Waals surface area contributed by atoms with Crippen LogP contribution in [0.2, 0.25) is 0 Å². The van der Waals surface area contributed by atoms with Gasteiger partial charge in [0, 0.05) is 23.8 Å². The molecule has 6 heteroatoms. The van der Waals surface area contributed by atoms with Crippen molar-refractivity contribution in [3.8, 4) is 0 Å². The third-order valence-electron chi connectivity index (χ3n) is 3.23. The van der Waals surface area contributed by atoms with Crippen LogP contribution in [0.25, 0.3) is 0 Å². The largest absolute Gasteiger partial charge is 0.453 e. The fourth-order valence-electron chi connectivity index (χ4n) is 1.96. The number of benzene rings is 1. The first-order valence-corrected chi connectivity index (χ1v) is 6.59. The summed E-state index contributed by atoms with van der Waals surface area (Å²) in [6.07, 6.45) is 2.00. The number of hydrogen-bond donors (Lipinski definition) is 3. The van der Waals surface area contributed by atoms with Crippen LogP contribution < -0.4 is 16.4 Å². The number of nitrogens with two attached hydrogens (primary N) is 1. The summed E-state index contributed by atoms with van der Waals surface area (Å²) >= 11 is 0. The molecule has 0 aliphatic heterocycles. The Morgan fingerprint density at radius 3 is 2.60 bits per heavy atom. The normalized spacial score (nSPS) is 15.3. The fraction of sp³-hybridized carbons (Fsp3) is 0.429. The molecular weight excluding hydrogens is 258 g/mol. The molecule has 1 saturated carbocycles. The molecule has 1 aromatic carbocycles. The van der Waals surface area contributed by atoms with Crippen molar-refractivity contribution in [1.29, 1.82) is 0 Å². The van der Waals surface area contributed by atoms with Crippen LogP contribution in [-0.2, 0) is 9.53 Å². The molecule has 0 bridgehead atoms. The van der Waals surface area contributed by atoms with Crippen molar-refractivity contribution in [3.05, 3.63) is 24.3 Å². The molecule has 6 nitrogen and oxygen atoms in total. The fourth-order valence-corrected chi connectivity index (χ4v) is 1.96. The molecule has 20 heavy (non-hydrogen) atoms. The number of rotatable bonds is 5. The highest BCUT2D eigenvalue weighted by Crippen LogP contribution is 2.32. The third kappa shape index (κ3) is 4.24. The Hall–Kier alpha value is -2.08. The number of ether oxygens (including phenoxy) is 1. The second-order valence-electron chi connectivity index (χ2n) is 4.95. The van der Waals surface area contributed by atoms with Gasteiger partial charge in [0.1, 0.15) is 0 Å². The molecule has 0 aromatic heterocycles. The molecule has 1 aliphatic rings. The van der Waals surface area contributed by atoms with E-state index in [9.17, 15) is 9.59 Å². The van der Waals surface area contributed by atoms with E-state index in [0.717, 1.165) is 12.8 Å². The Labute approximate surface area is 117 Å². The first-order chi connectivity index (χ1) is 9.58. The van der Waals surface area contributed by atoms with Gasteiger partial charge in [0.25, 0.3) is 0 Å². The number of amides is 2. The third-order valence-corrected chi connectivity index (χ3v) is 3.23. The van der Waals surface area contributed by atoms with Crippen LogP contribution >= 0.6 is 0 Å². The van der Waals surface area contributed by atoms with Gasteiger partial charge in [-0.2, -0.15) is 0 Å². The number of anilines is 2. The van der Waals surface area contributed by atoms with Crippen molar-refractivity contribution in [1.82, 2.24) is 0 Å². The molecule has 4 N–H and O–H groups in total. The van der Waals surface area contributed by atoms with Crippen LogP contribution in [0.1, 0.15) is 19.3 Å². The molecule has 1 fully saturated rings. The van der Waals surface area contributed by atoms with Gasteiger partial charge >= 0.3 is 6.09 Å². The molecule has 1 aliphatic carbocycles. The molecule has 0 spiro atoms. The second-order valence-corrected chi connectivity index (χ2v) is 4.95. The summed E-state index contributed by atoms with van der Waals surface area (Å²) in [5.74, 6) is 0.382. The number of carbonyl (C=O) groups is 2. The molecule has 0 radical (unpaired) electrons. The van der Waals surface area contributed by atoms with Crippen molar-refractivity contribution >= 4 is 23.4 Å². The number of nitrogens with one attached hydrogen (secondary N) is 2. The van der Waals surface area contributed by atoms with Crippen LogP contribution in [0.5, 0.6) is 0 Å². The predicted octanol–water partition coefficient (Wildman–Crippen LogP) is 1.93. The molecule has 0 heterocycles. The maximum absolute atomic E-state index is 11.8. The van der Waals surface area contributed by atoms with E-state index in [4.69, 9.17) is 5.73 Å². The van der Waals surface area contributed by atoms with Gasteiger partial charge in [-0.15, -0.1) is 0 Å². The molecule has 108 valence electrons. The highest BCUT2D eigenvalue weighted by Gasteiger charge is 2.29. The quantitative estimate of drug-likeness (QED) is 0.766. The van der Waals surface area contributed by atoms with E-state index in [1.54, 1.807) is 24.3 Å². The van der Waals surface area contributed by atoms with E-state index in [2.05, 4.69) is 15.4 Å². The zero-order valence-electron chi connectivity index (χ0n) is 11.4. The van der Waals surface area contributed by atoms with E-state index in [1.165, 1.54) is 7.11 Å². The van der Waals surface area contributed by atoms with Crippen molar-refractivity contribution in [2.45, 2.75) is 25.3 Å². The maximum Gasteiger partial charge on any atom is 0.411 e. The highest BCUT2D eigenvalue weighted by atomic mass is 16.5. The Morgan fingerprint density at radius 2 is 2.00 bits per heavy atom. The summed E-state index contributed by atoms with van der Waals surface area (Å²) in [5.41, 5.74) is 7.09. The summed E-state index contributed by atoms with van der Waals surface area (Å²) in [6, 6.07) is 6.80. The average Bonchev–Trinajstić information content (AvgIpc) is 3.23. The molecule has 2 amide bonds. The Morgan fingerprint density at radius 1 is 1.35 bits per heavy atom. The zero-order chi connectivity index (χ0) is 14.5. The minimum atomic E-state index is -0.552. The lowest BCUT2D eigenvalue weighted by Gasteiger charge is -2.11. The lowest BCUT2D eigenvalue weighted by atomic mass is 10.1. The summed E-state index contributed by atoms with van der Waals surface area (Å²) in [5, 5.41) is 5.31. The second kappa shape index (κ2) is 6.38. The molecule has 2 rings (SSSR count). The van der Waals surface area contributed by atoms with Crippen LogP contribution in [0.3, 0.4) is 0 Å². The monoisotopic (exact) mass is 277 g/mol. The van der Waals surface area contributed by atoms with Gasteiger partial charge in [0.05, 0.1) is 7.11 Å². The average molecular weight is 277 g/mol. The first-order valence-electron chi connectivity index (χ1n) is 6.59. The van der Waals surface area contributed by atoms with Crippen LogP contribution in [0.15, 0.2) is 24.3 Å². The molecule has 1 unspecified atom stereocenters. The maximum atomic E-state index is 11.8. The summed E-state index contributed by atoms with van der Waals surface area (Å²) < 4.78 is 4.51. The van der Waals surface area contributed by atoms with Crippen molar-refractivity contribution in [2.75, 3.05) is 17.7 Å². The lowest BCUT2D eigenvalue weighted by Crippen LogP contribution is -2.28. The summed E-state index contributed by atoms with van der Waals surface area (Å²) in [4.78, 5) is 22.9. The van der Waals surface area contributed by atoms with Crippen molar-refractivity contribution in [2.24, 2.45) is 11.7 Å². The van der Waals surface area contributed by atoms with E-state index >= 15 is 0 Å². The van der Waals surface area contributed by atoms with E-state index in [1.807, 2.05) is 0 Å².